The largest absolute Gasteiger partial charge is 0.504 e. The van der Waals surface area contributed by atoms with E-state index in [1.807, 2.05) is 32.2 Å². The van der Waals surface area contributed by atoms with Crippen LogP contribution in [0.2, 0.25) is 0 Å². The number of esters is 1. The summed E-state index contributed by atoms with van der Waals surface area (Å²) in [7, 11) is 1.71. The van der Waals surface area contributed by atoms with Gasteiger partial charge in [0.05, 0.1) is 25.5 Å². The Morgan fingerprint density at radius 2 is 2.15 bits per heavy atom. The molecule has 1 fully saturated rings. The summed E-state index contributed by atoms with van der Waals surface area (Å²) in [5.41, 5.74) is 3.86. The third-order valence-corrected chi connectivity index (χ3v) is 5.53. The van der Waals surface area contributed by atoms with Gasteiger partial charge in [0.15, 0.2) is 0 Å². The summed E-state index contributed by atoms with van der Waals surface area (Å²) in [5, 5.41) is 0.881. The van der Waals surface area contributed by atoms with Crippen LogP contribution in [0.25, 0.3) is 11.0 Å². The van der Waals surface area contributed by atoms with Crippen molar-refractivity contribution in [1.29, 1.82) is 0 Å². The van der Waals surface area contributed by atoms with Gasteiger partial charge in [-0.05, 0) is 70.1 Å². The molecule has 140 valence electrons. The van der Waals surface area contributed by atoms with Crippen LogP contribution in [0.5, 0.6) is 0 Å². The van der Waals surface area contributed by atoms with Crippen molar-refractivity contribution < 1.29 is 14.3 Å². The highest BCUT2D eigenvalue weighted by molar-refractivity contribution is 6.05. The van der Waals surface area contributed by atoms with Gasteiger partial charge in [-0.3, -0.25) is 0 Å². The van der Waals surface area contributed by atoms with Gasteiger partial charge >= 0.3 is 5.97 Å². The number of pyridine rings is 1. The number of ether oxygens (including phenoxy) is 2. The average molecular weight is 356 g/mol. The molecule has 5 heteroatoms. The molecule has 1 aliphatic carbocycles. The molecule has 1 atom stereocenters. The summed E-state index contributed by atoms with van der Waals surface area (Å²) in [5.74, 6) is 0.290. The van der Waals surface area contributed by atoms with Crippen molar-refractivity contribution in [2.24, 2.45) is 5.92 Å². The Kier molecular flexibility index (Phi) is 5.64. The summed E-state index contributed by atoms with van der Waals surface area (Å²) >= 11 is 0. The second kappa shape index (κ2) is 7.94. The van der Waals surface area contributed by atoms with E-state index in [1.165, 1.54) is 5.57 Å². The number of carbonyl (C=O) groups is 1. The zero-order valence-corrected chi connectivity index (χ0v) is 16.1. The second-order valence-corrected chi connectivity index (χ2v) is 7.02. The maximum Gasteiger partial charge on any atom is 0.340 e. The molecule has 26 heavy (non-hydrogen) atoms. The number of allylic oxidation sites excluding steroid dienone is 1. The lowest BCUT2D eigenvalue weighted by molar-refractivity contribution is 0.0527. The Morgan fingerprint density at radius 3 is 2.81 bits per heavy atom. The van der Waals surface area contributed by atoms with E-state index in [2.05, 4.69) is 16.5 Å². The van der Waals surface area contributed by atoms with E-state index >= 15 is 0 Å². The van der Waals surface area contributed by atoms with Crippen LogP contribution in [0, 0.1) is 12.8 Å². The molecular formula is C21H28N2O3. The maximum atomic E-state index is 12.5. The van der Waals surface area contributed by atoms with Crippen molar-refractivity contribution >= 4 is 17.0 Å². The van der Waals surface area contributed by atoms with Crippen LogP contribution in [0.3, 0.4) is 0 Å². The van der Waals surface area contributed by atoms with Gasteiger partial charge in [0.2, 0.25) is 0 Å². The zero-order chi connectivity index (χ0) is 18.7. The molecule has 0 N–H and O–H groups in total. The highest BCUT2D eigenvalue weighted by Crippen LogP contribution is 2.38. The first-order valence-electron chi connectivity index (χ1n) is 9.41. The van der Waals surface area contributed by atoms with Gasteiger partial charge in [-0.1, -0.05) is 0 Å². The quantitative estimate of drug-likeness (QED) is 0.570. The number of hydrogen-bond acceptors (Lipinski definition) is 4. The molecule has 1 saturated carbocycles. The minimum atomic E-state index is -0.261. The molecule has 2 heterocycles. The minimum Gasteiger partial charge on any atom is -0.504 e. The molecule has 0 saturated heterocycles. The zero-order valence-electron chi connectivity index (χ0n) is 16.1. The van der Waals surface area contributed by atoms with E-state index in [0.29, 0.717) is 18.1 Å². The first-order chi connectivity index (χ1) is 12.6. The van der Waals surface area contributed by atoms with Crippen LogP contribution in [0.15, 0.2) is 30.2 Å². The van der Waals surface area contributed by atoms with Crippen molar-refractivity contribution in [1.82, 2.24) is 9.55 Å². The molecule has 0 aliphatic heterocycles. The third-order valence-electron chi connectivity index (χ3n) is 5.53. The summed E-state index contributed by atoms with van der Waals surface area (Å²) in [6.45, 7) is 6.45. The maximum absolute atomic E-state index is 12.5. The molecule has 3 rings (SSSR count). The van der Waals surface area contributed by atoms with Crippen molar-refractivity contribution in [3.05, 3.63) is 41.4 Å². The Labute approximate surface area is 155 Å². The number of nitrogens with zero attached hydrogens (tertiary/aromatic N) is 2. The van der Waals surface area contributed by atoms with Gasteiger partial charge in [-0.2, -0.15) is 0 Å². The predicted molar refractivity (Wildman–Crippen MR) is 102 cm³/mol. The van der Waals surface area contributed by atoms with Gasteiger partial charge < -0.3 is 14.0 Å². The van der Waals surface area contributed by atoms with E-state index in [-0.39, 0.29) is 12.0 Å². The fourth-order valence-electron chi connectivity index (χ4n) is 4.21. The molecule has 0 amide bonds. The standard InChI is InChI=1S/C21H28N2O3/c1-5-26-21(24)19-15(3)23(20-18(19)7-6-12-22-20)14(2)17-10-8-16(9-11-17)13-25-4/h6-7,12-14,17H,5,8-11H2,1-4H3. The summed E-state index contributed by atoms with van der Waals surface area (Å²) in [6, 6.07) is 4.12. The van der Waals surface area contributed by atoms with Crippen LogP contribution < -0.4 is 0 Å². The van der Waals surface area contributed by atoms with Gasteiger partial charge in [0.25, 0.3) is 0 Å². The van der Waals surface area contributed by atoms with Crippen LogP contribution in [-0.4, -0.2) is 29.2 Å². The molecule has 2 aromatic rings. The van der Waals surface area contributed by atoms with E-state index in [1.54, 1.807) is 13.3 Å². The lowest BCUT2D eigenvalue weighted by atomic mass is 9.82. The average Bonchev–Trinajstić information content (AvgIpc) is 2.94. The number of rotatable bonds is 5. The smallest absolute Gasteiger partial charge is 0.340 e. The van der Waals surface area contributed by atoms with Gasteiger partial charge in [-0.15, -0.1) is 0 Å². The lowest BCUT2D eigenvalue weighted by Gasteiger charge is -2.31. The number of fused-ring (bicyclic) bond motifs is 1. The molecule has 0 aromatic carbocycles. The van der Waals surface area contributed by atoms with E-state index < -0.39 is 0 Å². The van der Waals surface area contributed by atoms with Crippen molar-refractivity contribution in [2.45, 2.75) is 52.5 Å². The van der Waals surface area contributed by atoms with Crippen molar-refractivity contribution in [3.63, 3.8) is 0 Å². The van der Waals surface area contributed by atoms with Crippen LogP contribution in [0.4, 0.5) is 0 Å². The number of hydrogen-bond donors (Lipinski definition) is 0. The lowest BCUT2D eigenvalue weighted by Crippen LogP contribution is -2.21. The predicted octanol–water partition coefficient (Wildman–Crippen LogP) is 4.80. The fourth-order valence-corrected chi connectivity index (χ4v) is 4.21. The first-order valence-corrected chi connectivity index (χ1v) is 9.41. The summed E-state index contributed by atoms with van der Waals surface area (Å²) in [4.78, 5) is 17.1. The Morgan fingerprint density at radius 1 is 1.42 bits per heavy atom. The topological polar surface area (TPSA) is 53.4 Å². The van der Waals surface area contributed by atoms with E-state index in [0.717, 1.165) is 42.4 Å². The Balaban J connectivity index is 1.96. The number of aromatic nitrogens is 2. The Hall–Kier alpha value is -2.30. The van der Waals surface area contributed by atoms with E-state index in [4.69, 9.17) is 9.47 Å². The summed E-state index contributed by atoms with van der Waals surface area (Å²) < 4.78 is 12.7. The molecule has 1 unspecified atom stereocenters. The molecule has 5 nitrogen and oxygen atoms in total. The monoisotopic (exact) mass is 356 g/mol. The highest BCUT2D eigenvalue weighted by atomic mass is 16.5. The van der Waals surface area contributed by atoms with Crippen LogP contribution in [0.1, 0.15) is 61.6 Å². The number of methoxy groups -OCH3 is 1. The second-order valence-electron chi connectivity index (χ2n) is 7.02. The van der Waals surface area contributed by atoms with Gasteiger partial charge in [0.1, 0.15) is 5.65 Å². The van der Waals surface area contributed by atoms with Crippen molar-refractivity contribution in [3.8, 4) is 0 Å². The van der Waals surface area contributed by atoms with Crippen LogP contribution in [-0.2, 0) is 9.47 Å². The van der Waals surface area contributed by atoms with E-state index in [9.17, 15) is 4.79 Å². The molecule has 1 aliphatic rings. The first kappa shape index (κ1) is 18.5. The molecular weight excluding hydrogens is 328 g/mol. The SMILES string of the molecule is CCOC(=O)c1c(C)n(C(C)C2CCC(=COC)CC2)c2ncccc12. The number of carbonyl (C=O) groups excluding carboxylic acids is 1. The van der Waals surface area contributed by atoms with Gasteiger partial charge in [-0.25, -0.2) is 9.78 Å². The molecule has 0 bridgehead atoms. The molecule has 0 radical (unpaired) electrons. The fraction of sp³-hybridized carbons (Fsp3) is 0.524. The summed E-state index contributed by atoms with van der Waals surface area (Å²) in [6.07, 6.45) is 8.06. The highest BCUT2D eigenvalue weighted by Gasteiger charge is 2.29. The Bertz CT molecular complexity index is 812. The van der Waals surface area contributed by atoms with Crippen LogP contribution >= 0.6 is 0 Å². The van der Waals surface area contributed by atoms with Gasteiger partial charge in [0, 0.05) is 23.3 Å². The normalized spacial score (nSPS) is 18.6. The molecule has 2 aromatic heterocycles. The molecule has 0 spiro atoms. The minimum absolute atomic E-state index is 0.261. The third kappa shape index (κ3) is 3.35. The van der Waals surface area contributed by atoms with Crippen molar-refractivity contribution in [2.75, 3.05) is 13.7 Å².